The van der Waals surface area contributed by atoms with Crippen LogP contribution in [0.2, 0.25) is 0 Å². The Hall–Kier alpha value is -2.53. The van der Waals surface area contributed by atoms with Gasteiger partial charge < -0.3 is 19.2 Å². The maximum absolute atomic E-state index is 13.1. The van der Waals surface area contributed by atoms with Crippen molar-refractivity contribution in [2.75, 3.05) is 32.7 Å². The Balaban J connectivity index is 1.71. The van der Waals surface area contributed by atoms with Gasteiger partial charge in [-0.05, 0) is 30.8 Å². The Morgan fingerprint density at radius 2 is 2.00 bits per heavy atom. The number of likely N-dealkylation sites (N-methyl/N-ethyl adjacent to an activating group) is 1. The molecule has 124 valence electrons. The highest BCUT2D eigenvalue weighted by atomic mass is 16.3. The van der Waals surface area contributed by atoms with E-state index >= 15 is 0 Å². The van der Waals surface area contributed by atoms with Crippen molar-refractivity contribution >= 4 is 16.8 Å². The minimum Gasteiger partial charge on any atom is -0.464 e. The highest BCUT2D eigenvalue weighted by Gasteiger charge is 2.24. The molecule has 0 atom stereocenters. The van der Waals surface area contributed by atoms with Gasteiger partial charge in [-0.25, -0.2) is 0 Å². The summed E-state index contributed by atoms with van der Waals surface area (Å²) in [5.41, 5.74) is 2.63. The normalized spacial score (nSPS) is 16.0. The third-order valence-electron chi connectivity index (χ3n) is 4.83. The zero-order valence-corrected chi connectivity index (χ0v) is 13.8. The molecule has 0 unspecified atom stereocenters. The van der Waals surface area contributed by atoms with Crippen molar-refractivity contribution in [3.63, 3.8) is 0 Å². The molecule has 1 amide bonds. The maximum Gasteiger partial charge on any atom is 0.254 e. The number of carbonyl (C=O) groups excluding carboxylic acids is 1. The molecule has 1 saturated heterocycles. The Morgan fingerprint density at radius 1 is 1.17 bits per heavy atom. The van der Waals surface area contributed by atoms with Crippen LogP contribution in [0.4, 0.5) is 0 Å². The van der Waals surface area contributed by atoms with E-state index in [0.29, 0.717) is 0 Å². The average Bonchev–Trinajstić information content (AvgIpc) is 3.30. The molecule has 3 heterocycles. The van der Waals surface area contributed by atoms with Crippen LogP contribution in [-0.4, -0.2) is 53.4 Å². The summed E-state index contributed by atoms with van der Waals surface area (Å²) in [6, 6.07) is 9.62. The molecule has 0 saturated carbocycles. The van der Waals surface area contributed by atoms with E-state index in [1.54, 1.807) is 6.26 Å². The van der Waals surface area contributed by atoms with Gasteiger partial charge in [0.1, 0.15) is 5.76 Å². The van der Waals surface area contributed by atoms with E-state index in [-0.39, 0.29) is 5.91 Å². The third-order valence-corrected chi connectivity index (χ3v) is 4.83. The summed E-state index contributed by atoms with van der Waals surface area (Å²) in [6.07, 6.45) is 3.57. The second kappa shape index (κ2) is 6.17. The van der Waals surface area contributed by atoms with Crippen LogP contribution in [0.3, 0.4) is 0 Å². The van der Waals surface area contributed by atoms with Crippen LogP contribution in [0, 0.1) is 0 Å². The lowest BCUT2D eigenvalue weighted by Crippen LogP contribution is -2.48. The predicted octanol–water partition coefficient (Wildman–Crippen LogP) is 3.21. The summed E-state index contributed by atoms with van der Waals surface area (Å²) >= 11 is 0. The van der Waals surface area contributed by atoms with Crippen molar-refractivity contribution in [3.8, 4) is 11.3 Å². The summed E-state index contributed by atoms with van der Waals surface area (Å²) < 4.78 is 5.54. The van der Waals surface area contributed by atoms with Crippen LogP contribution in [0.25, 0.3) is 22.2 Å². The number of aromatic nitrogens is 1. The van der Waals surface area contributed by atoms with Gasteiger partial charge in [-0.3, -0.25) is 4.79 Å². The number of fused-ring (bicyclic) bond motifs is 1. The number of piperazine rings is 1. The first-order valence-electron chi connectivity index (χ1n) is 8.43. The quantitative estimate of drug-likeness (QED) is 0.805. The van der Waals surface area contributed by atoms with E-state index in [2.05, 4.69) is 16.8 Å². The molecule has 0 spiro atoms. The van der Waals surface area contributed by atoms with Crippen molar-refractivity contribution in [3.05, 3.63) is 48.4 Å². The molecule has 1 fully saturated rings. The molecule has 5 heteroatoms. The molecule has 4 rings (SSSR count). The summed E-state index contributed by atoms with van der Waals surface area (Å²) in [6.45, 7) is 6.64. The summed E-state index contributed by atoms with van der Waals surface area (Å²) in [7, 11) is 0. The highest BCUT2D eigenvalue weighted by Crippen LogP contribution is 2.32. The SMILES string of the molecule is CCN1CCN(C(=O)c2cccc3[nH]cc(-c4ccco4)c23)CC1. The first-order chi connectivity index (χ1) is 11.8. The van der Waals surface area contributed by atoms with E-state index in [9.17, 15) is 4.79 Å². The second-order valence-electron chi connectivity index (χ2n) is 6.13. The smallest absolute Gasteiger partial charge is 0.254 e. The van der Waals surface area contributed by atoms with Crippen LogP contribution in [0.5, 0.6) is 0 Å². The molecule has 3 aromatic rings. The van der Waals surface area contributed by atoms with Gasteiger partial charge in [0.05, 0.1) is 6.26 Å². The lowest BCUT2D eigenvalue weighted by Gasteiger charge is -2.34. The molecule has 1 N–H and O–H groups in total. The number of hydrogen-bond acceptors (Lipinski definition) is 3. The maximum atomic E-state index is 13.1. The number of amides is 1. The number of aromatic amines is 1. The van der Waals surface area contributed by atoms with Crippen LogP contribution >= 0.6 is 0 Å². The Bertz CT molecular complexity index is 843. The monoisotopic (exact) mass is 323 g/mol. The Morgan fingerprint density at radius 3 is 2.71 bits per heavy atom. The van der Waals surface area contributed by atoms with Gasteiger partial charge in [0, 0.05) is 54.4 Å². The van der Waals surface area contributed by atoms with Gasteiger partial charge >= 0.3 is 0 Å². The van der Waals surface area contributed by atoms with Crippen molar-refractivity contribution in [2.45, 2.75) is 6.92 Å². The number of rotatable bonds is 3. The lowest BCUT2D eigenvalue weighted by molar-refractivity contribution is 0.0645. The summed E-state index contributed by atoms with van der Waals surface area (Å²) in [5.74, 6) is 0.876. The minimum absolute atomic E-state index is 0.101. The van der Waals surface area contributed by atoms with Gasteiger partial charge in [-0.2, -0.15) is 0 Å². The van der Waals surface area contributed by atoms with Gasteiger partial charge in [-0.15, -0.1) is 0 Å². The molecule has 5 nitrogen and oxygen atoms in total. The molecular formula is C19H21N3O2. The van der Waals surface area contributed by atoms with E-state index < -0.39 is 0 Å². The number of carbonyl (C=O) groups is 1. The summed E-state index contributed by atoms with van der Waals surface area (Å²) in [4.78, 5) is 20.7. The van der Waals surface area contributed by atoms with Gasteiger partial charge in [-0.1, -0.05) is 13.0 Å². The van der Waals surface area contributed by atoms with Crippen LogP contribution in [-0.2, 0) is 0 Å². The van der Waals surface area contributed by atoms with Crippen molar-refractivity contribution in [2.24, 2.45) is 0 Å². The van der Waals surface area contributed by atoms with Crippen molar-refractivity contribution in [1.29, 1.82) is 0 Å². The third kappa shape index (κ3) is 2.51. The zero-order chi connectivity index (χ0) is 16.5. The van der Waals surface area contributed by atoms with Gasteiger partial charge in [0.25, 0.3) is 5.91 Å². The standard InChI is InChI=1S/C19H21N3O2/c1-2-21-8-10-22(11-9-21)19(23)14-5-3-6-16-18(14)15(13-20-16)17-7-4-12-24-17/h3-7,12-13,20H,2,8-11H2,1H3. The van der Waals surface area contributed by atoms with Crippen LogP contribution in [0.1, 0.15) is 17.3 Å². The fourth-order valence-corrected chi connectivity index (χ4v) is 3.43. The minimum atomic E-state index is 0.101. The Kier molecular flexibility index (Phi) is 3.86. The van der Waals surface area contributed by atoms with Crippen molar-refractivity contribution in [1.82, 2.24) is 14.8 Å². The first kappa shape index (κ1) is 15.0. The van der Waals surface area contributed by atoms with Crippen molar-refractivity contribution < 1.29 is 9.21 Å². The molecule has 1 aliphatic heterocycles. The summed E-state index contributed by atoms with van der Waals surface area (Å²) in [5, 5.41) is 0.940. The van der Waals surface area contributed by atoms with Crippen LogP contribution in [0.15, 0.2) is 47.2 Å². The molecule has 0 aliphatic carbocycles. The molecule has 1 aliphatic rings. The van der Waals surface area contributed by atoms with E-state index in [1.165, 1.54) is 0 Å². The fraction of sp³-hybridized carbons (Fsp3) is 0.316. The van der Waals surface area contributed by atoms with E-state index in [1.807, 2.05) is 41.4 Å². The predicted molar refractivity (Wildman–Crippen MR) is 94.0 cm³/mol. The van der Waals surface area contributed by atoms with E-state index in [4.69, 9.17) is 4.42 Å². The lowest BCUT2D eigenvalue weighted by atomic mass is 10.0. The molecule has 1 aromatic carbocycles. The van der Waals surface area contributed by atoms with Gasteiger partial charge in [0.2, 0.25) is 0 Å². The van der Waals surface area contributed by atoms with E-state index in [0.717, 1.165) is 60.5 Å². The highest BCUT2D eigenvalue weighted by molar-refractivity contribution is 6.11. The molecule has 0 radical (unpaired) electrons. The second-order valence-corrected chi connectivity index (χ2v) is 6.13. The molecular weight excluding hydrogens is 302 g/mol. The number of furan rings is 1. The molecule has 2 aromatic heterocycles. The molecule has 0 bridgehead atoms. The topological polar surface area (TPSA) is 52.5 Å². The first-order valence-corrected chi connectivity index (χ1v) is 8.43. The molecule has 24 heavy (non-hydrogen) atoms. The number of nitrogens with zero attached hydrogens (tertiary/aromatic N) is 2. The number of benzene rings is 1. The Labute approximate surface area is 140 Å². The largest absolute Gasteiger partial charge is 0.464 e. The number of hydrogen-bond donors (Lipinski definition) is 1. The number of H-pyrrole nitrogens is 1. The fourth-order valence-electron chi connectivity index (χ4n) is 3.43. The van der Waals surface area contributed by atoms with Crippen LogP contribution < -0.4 is 0 Å². The number of nitrogens with one attached hydrogen (secondary N) is 1. The zero-order valence-electron chi connectivity index (χ0n) is 13.8. The average molecular weight is 323 g/mol. The van der Waals surface area contributed by atoms with Gasteiger partial charge in [0.15, 0.2) is 0 Å².